The first kappa shape index (κ1) is 14.0. The molecule has 0 saturated carbocycles. The Morgan fingerprint density at radius 1 is 1.21 bits per heavy atom. The van der Waals surface area contributed by atoms with Gasteiger partial charge in [0.15, 0.2) is 5.65 Å². The van der Waals surface area contributed by atoms with Gasteiger partial charge in [0.05, 0.1) is 40.4 Å². The Morgan fingerprint density at radius 3 is 2.67 bits per heavy atom. The Morgan fingerprint density at radius 2 is 2.00 bits per heavy atom. The number of rotatable bonds is 3. The highest BCUT2D eigenvalue weighted by molar-refractivity contribution is 6.02. The van der Waals surface area contributed by atoms with E-state index in [-0.39, 0.29) is 5.56 Å². The van der Waals surface area contributed by atoms with Gasteiger partial charge in [-0.3, -0.25) is 5.10 Å². The van der Waals surface area contributed by atoms with Crippen molar-refractivity contribution in [1.29, 1.82) is 0 Å². The molecule has 0 saturated heterocycles. The molecule has 7 heteroatoms. The number of H-pyrrole nitrogens is 1. The summed E-state index contributed by atoms with van der Waals surface area (Å²) in [6.07, 6.45) is 3.22. The van der Waals surface area contributed by atoms with Gasteiger partial charge in [-0.25, -0.2) is 9.78 Å². The van der Waals surface area contributed by atoms with Crippen LogP contribution in [0.3, 0.4) is 0 Å². The predicted octanol–water partition coefficient (Wildman–Crippen LogP) is 3.17. The van der Waals surface area contributed by atoms with Crippen LogP contribution < -0.4 is 5.73 Å². The number of carboxylic acid groups (broad SMARTS) is 1. The number of benzene rings is 1. The lowest BCUT2D eigenvalue weighted by atomic mass is 10.0. The van der Waals surface area contributed by atoms with Crippen LogP contribution in [0.2, 0.25) is 0 Å². The summed E-state index contributed by atoms with van der Waals surface area (Å²) < 4.78 is 5.49. The van der Waals surface area contributed by atoms with E-state index in [0.717, 1.165) is 5.39 Å². The maximum atomic E-state index is 11.0. The van der Waals surface area contributed by atoms with Gasteiger partial charge in [0.2, 0.25) is 0 Å². The number of pyridine rings is 1. The highest BCUT2D eigenvalue weighted by Crippen LogP contribution is 2.38. The zero-order chi connectivity index (χ0) is 16.7. The van der Waals surface area contributed by atoms with E-state index in [1.54, 1.807) is 30.7 Å². The van der Waals surface area contributed by atoms with Crippen molar-refractivity contribution in [2.75, 3.05) is 5.73 Å². The molecule has 3 heterocycles. The standard InChI is InChI=1S/C17H12N4O3/c18-14-13(12-2-1-7-24-12)11-8-19-21-16(11)20-15(14)9-3-5-10(6-4-9)17(22)23/h1-8H,18H2,(H,22,23)(H,19,20,21). The average Bonchev–Trinajstić information content (AvgIpc) is 3.25. The van der Waals surface area contributed by atoms with Crippen LogP contribution in [0.1, 0.15) is 10.4 Å². The second kappa shape index (κ2) is 5.24. The second-order valence-electron chi connectivity index (χ2n) is 5.24. The molecule has 4 aromatic rings. The average molecular weight is 320 g/mol. The van der Waals surface area contributed by atoms with Crippen LogP contribution in [0.15, 0.2) is 53.3 Å². The largest absolute Gasteiger partial charge is 0.478 e. The Hall–Kier alpha value is -3.61. The van der Waals surface area contributed by atoms with Gasteiger partial charge in [-0.2, -0.15) is 5.10 Å². The third-order valence-corrected chi connectivity index (χ3v) is 3.81. The molecule has 7 nitrogen and oxygen atoms in total. The number of nitrogens with two attached hydrogens (primary N) is 1. The Labute approximate surface area is 135 Å². The van der Waals surface area contributed by atoms with Gasteiger partial charge in [0.25, 0.3) is 0 Å². The number of nitrogen functional groups attached to an aromatic ring is 1. The van der Waals surface area contributed by atoms with Crippen molar-refractivity contribution in [1.82, 2.24) is 15.2 Å². The number of anilines is 1. The molecule has 0 atom stereocenters. The fourth-order valence-corrected chi connectivity index (χ4v) is 2.66. The van der Waals surface area contributed by atoms with Crippen molar-refractivity contribution in [2.45, 2.75) is 0 Å². The first-order valence-electron chi connectivity index (χ1n) is 7.15. The zero-order valence-electron chi connectivity index (χ0n) is 12.4. The minimum absolute atomic E-state index is 0.200. The number of hydrogen-bond acceptors (Lipinski definition) is 5. The molecule has 0 aliphatic carbocycles. The van der Waals surface area contributed by atoms with E-state index in [4.69, 9.17) is 15.3 Å². The normalized spacial score (nSPS) is 11.0. The molecule has 0 fully saturated rings. The van der Waals surface area contributed by atoms with E-state index in [0.29, 0.717) is 33.9 Å². The van der Waals surface area contributed by atoms with Crippen LogP contribution in [0.4, 0.5) is 5.69 Å². The fraction of sp³-hybridized carbons (Fsp3) is 0. The molecule has 24 heavy (non-hydrogen) atoms. The summed E-state index contributed by atoms with van der Waals surface area (Å²) in [5.74, 6) is -0.368. The summed E-state index contributed by atoms with van der Waals surface area (Å²) in [6.45, 7) is 0. The van der Waals surface area contributed by atoms with Crippen molar-refractivity contribution in [3.05, 3.63) is 54.4 Å². The summed E-state index contributed by atoms with van der Waals surface area (Å²) in [6, 6.07) is 9.98. The molecule has 0 bridgehead atoms. The quantitative estimate of drug-likeness (QED) is 0.533. The van der Waals surface area contributed by atoms with Crippen LogP contribution in [-0.4, -0.2) is 26.3 Å². The molecule has 4 N–H and O–H groups in total. The SMILES string of the molecule is Nc1c(-c2ccc(C(=O)O)cc2)nc2[nH]ncc2c1-c1ccco1. The Bertz CT molecular complexity index is 1030. The molecule has 1 aromatic carbocycles. The zero-order valence-corrected chi connectivity index (χ0v) is 12.4. The highest BCUT2D eigenvalue weighted by atomic mass is 16.4. The third-order valence-electron chi connectivity index (χ3n) is 3.81. The topological polar surface area (TPSA) is 118 Å². The van der Waals surface area contributed by atoms with E-state index in [9.17, 15) is 4.79 Å². The summed E-state index contributed by atoms with van der Waals surface area (Å²) in [4.78, 5) is 15.5. The van der Waals surface area contributed by atoms with Crippen molar-refractivity contribution in [3.63, 3.8) is 0 Å². The number of hydrogen-bond donors (Lipinski definition) is 3. The highest BCUT2D eigenvalue weighted by Gasteiger charge is 2.18. The van der Waals surface area contributed by atoms with Gasteiger partial charge in [-0.05, 0) is 24.3 Å². The molecular weight excluding hydrogens is 308 g/mol. The summed E-state index contributed by atoms with van der Waals surface area (Å²) >= 11 is 0. The van der Waals surface area contributed by atoms with Crippen molar-refractivity contribution in [2.24, 2.45) is 0 Å². The molecule has 0 aliphatic heterocycles. The van der Waals surface area contributed by atoms with Gasteiger partial charge >= 0.3 is 5.97 Å². The van der Waals surface area contributed by atoms with E-state index in [2.05, 4.69) is 15.2 Å². The number of nitrogens with one attached hydrogen (secondary N) is 1. The molecule has 0 unspecified atom stereocenters. The molecular formula is C17H12N4O3. The lowest BCUT2D eigenvalue weighted by Gasteiger charge is -2.10. The van der Waals surface area contributed by atoms with Crippen LogP contribution in [0, 0.1) is 0 Å². The van der Waals surface area contributed by atoms with Gasteiger partial charge < -0.3 is 15.3 Å². The fourth-order valence-electron chi connectivity index (χ4n) is 2.66. The lowest BCUT2D eigenvalue weighted by Crippen LogP contribution is -1.99. The minimum atomic E-state index is -0.984. The van der Waals surface area contributed by atoms with Crippen molar-refractivity contribution >= 4 is 22.7 Å². The third kappa shape index (κ3) is 2.11. The molecule has 0 aliphatic rings. The molecule has 0 spiro atoms. The number of carboxylic acids is 1. The second-order valence-corrected chi connectivity index (χ2v) is 5.24. The van der Waals surface area contributed by atoms with Crippen LogP contribution in [0.25, 0.3) is 33.6 Å². The van der Waals surface area contributed by atoms with E-state index >= 15 is 0 Å². The van der Waals surface area contributed by atoms with Crippen LogP contribution in [0.5, 0.6) is 0 Å². The smallest absolute Gasteiger partial charge is 0.335 e. The maximum Gasteiger partial charge on any atom is 0.335 e. The van der Waals surface area contributed by atoms with Crippen molar-refractivity contribution in [3.8, 4) is 22.6 Å². The van der Waals surface area contributed by atoms with Gasteiger partial charge in [-0.1, -0.05) is 12.1 Å². The van der Waals surface area contributed by atoms with Gasteiger partial charge in [-0.15, -0.1) is 0 Å². The molecule has 0 radical (unpaired) electrons. The van der Waals surface area contributed by atoms with Crippen LogP contribution in [-0.2, 0) is 0 Å². The summed E-state index contributed by atoms with van der Waals surface area (Å²) in [5.41, 5.74) is 9.52. The van der Waals surface area contributed by atoms with Crippen molar-refractivity contribution < 1.29 is 14.3 Å². The van der Waals surface area contributed by atoms with E-state index in [1.807, 2.05) is 6.07 Å². The Balaban J connectivity index is 1.96. The summed E-state index contributed by atoms with van der Waals surface area (Å²) in [7, 11) is 0. The summed E-state index contributed by atoms with van der Waals surface area (Å²) in [5, 5.41) is 16.6. The van der Waals surface area contributed by atoms with Gasteiger partial charge in [0, 0.05) is 5.56 Å². The maximum absolute atomic E-state index is 11.0. The Kier molecular flexibility index (Phi) is 3.06. The number of aromatic carboxylic acids is 1. The van der Waals surface area contributed by atoms with Gasteiger partial charge in [0.1, 0.15) is 5.76 Å². The number of fused-ring (bicyclic) bond motifs is 1. The van der Waals surface area contributed by atoms with E-state index < -0.39 is 5.97 Å². The predicted molar refractivity (Wildman–Crippen MR) is 88.4 cm³/mol. The van der Waals surface area contributed by atoms with Crippen LogP contribution >= 0.6 is 0 Å². The number of nitrogens with zero attached hydrogens (tertiary/aromatic N) is 2. The number of carbonyl (C=O) groups is 1. The lowest BCUT2D eigenvalue weighted by molar-refractivity contribution is 0.0697. The minimum Gasteiger partial charge on any atom is -0.478 e. The number of aromatic nitrogens is 3. The molecule has 118 valence electrons. The number of furan rings is 1. The molecule has 0 amide bonds. The monoisotopic (exact) mass is 320 g/mol. The molecule has 4 rings (SSSR count). The first-order valence-corrected chi connectivity index (χ1v) is 7.15. The number of aromatic amines is 1. The van der Waals surface area contributed by atoms with E-state index in [1.165, 1.54) is 12.1 Å². The first-order chi connectivity index (χ1) is 11.6. The molecule has 3 aromatic heterocycles.